The van der Waals surface area contributed by atoms with E-state index in [-0.39, 0.29) is 0 Å². The van der Waals surface area contributed by atoms with Crippen molar-refractivity contribution in [3.8, 4) is 0 Å². The third kappa shape index (κ3) is 4.93. The molecule has 1 aromatic heterocycles. The number of nitrogens with zero attached hydrogens (tertiary/aromatic N) is 2. The Balaban J connectivity index is 1.43. The summed E-state index contributed by atoms with van der Waals surface area (Å²) < 4.78 is 5.56. The average molecular weight is 313 g/mol. The van der Waals surface area contributed by atoms with Crippen LogP contribution in [0.15, 0.2) is 40.8 Å². The van der Waals surface area contributed by atoms with Crippen LogP contribution in [-0.2, 0) is 19.6 Å². The highest BCUT2D eigenvalue weighted by Gasteiger charge is 2.13. The number of nitrogens with one attached hydrogen (secondary N) is 1. The zero-order valence-electron chi connectivity index (χ0n) is 14.2. The van der Waals surface area contributed by atoms with E-state index in [1.54, 1.807) is 0 Å². The van der Waals surface area contributed by atoms with Gasteiger partial charge >= 0.3 is 0 Å². The van der Waals surface area contributed by atoms with Gasteiger partial charge < -0.3 is 14.6 Å². The van der Waals surface area contributed by atoms with Crippen LogP contribution in [0.4, 0.5) is 0 Å². The van der Waals surface area contributed by atoms with E-state index in [0.717, 1.165) is 31.2 Å². The highest BCUT2D eigenvalue weighted by Crippen LogP contribution is 2.10. The van der Waals surface area contributed by atoms with Gasteiger partial charge in [0.15, 0.2) is 0 Å². The highest BCUT2D eigenvalue weighted by atomic mass is 16.3. The van der Waals surface area contributed by atoms with Crippen molar-refractivity contribution in [2.45, 2.75) is 26.6 Å². The first-order valence-corrected chi connectivity index (χ1v) is 8.44. The summed E-state index contributed by atoms with van der Waals surface area (Å²) in [5.41, 5.74) is 2.72. The van der Waals surface area contributed by atoms with E-state index in [0.29, 0.717) is 0 Å². The number of likely N-dealkylation sites (N-methyl/N-ethyl adjacent to an activating group) is 1. The Hall–Kier alpha value is -1.62. The molecule has 1 fully saturated rings. The minimum Gasteiger partial charge on any atom is -0.465 e. The van der Waals surface area contributed by atoms with Crippen molar-refractivity contribution in [3.05, 3.63) is 59.0 Å². The number of aryl methyl sites for hydroxylation is 1. The summed E-state index contributed by atoms with van der Waals surface area (Å²) in [6.45, 7) is 9.37. The van der Waals surface area contributed by atoms with Crippen LogP contribution in [0, 0.1) is 6.92 Å². The molecule has 4 nitrogen and oxygen atoms in total. The minimum atomic E-state index is 0.775. The van der Waals surface area contributed by atoms with Gasteiger partial charge in [0, 0.05) is 39.3 Å². The lowest BCUT2D eigenvalue weighted by Crippen LogP contribution is -2.43. The van der Waals surface area contributed by atoms with Gasteiger partial charge in [-0.15, -0.1) is 0 Å². The number of benzene rings is 1. The maximum atomic E-state index is 5.56. The van der Waals surface area contributed by atoms with Crippen LogP contribution in [0.3, 0.4) is 0 Å². The number of hydrogen-bond donors (Lipinski definition) is 1. The maximum absolute atomic E-state index is 5.56. The van der Waals surface area contributed by atoms with Gasteiger partial charge in [0.05, 0.1) is 6.54 Å². The van der Waals surface area contributed by atoms with E-state index in [2.05, 4.69) is 46.4 Å². The van der Waals surface area contributed by atoms with Crippen molar-refractivity contribution in [1.29, 1.82) is 0 Å². The number of hydrogen-bond acceptors (Lipinski definition) is 4. The summed E-state index contributed by atoms with van der Waals surface area (Å²) in [5, 5.41) is 3.43. The molecule has 3 rings (SSSR count). The molecule has 1 saturated heterocycles. The summed E-state index contributed by atoms with van der Waals surface area (Å²) in [6, 6.07) is 13.0. The Bertz CT molecular complexity index is 597. The van der Waals surface area contributed by atoms with Gasteiger partial charge in [0.2, 0.25) is 0 Å². The van der Waals surface area contributed by atoms with Gasteiger partial charge in [0.25, 0.3) is 0 Å². The molecule has 0 spiro atoms. The molecule has 0 bridgehead atoms. The second-order valence-electron chi connectivity index (χ2n) is 6.51. The van der Waals surface area contributed by atoms with E-state index < -0.39 is 0 Å². The van der Waals surface area contributed by atoms with Crippen LogP contribution < -0.4 is 5.32 Å². The molecular formula is C19H27N3O. The van der Waals surface area contributed by atoms with E-state index in [4.69, 9.17) is 4.42 Å². The quantitative estimate of drug-likeness (QED) is 0.888. The van der Waals surface area contributed by atoms with Gasteiger partial charge in [-0.25, -0.2) is 0 Å². The van der Waals surface area contributed by atoms with Gasteiger partial charge in [-0.1, -0.05) is 24.3 Å². The summed E-state index contributed by atoms with van der Waals surface area (Å²) in [5.74, 6) is 1.96. The second-order valence-corrected chi connectivity index (χ2v) is 6.51. The molecule has 23 heavy (non-hydrogen) atoms. The first-order valence-electron chi connectivity index (χ1n) is 8.44. The molecule has 0 amide bonds. The predicted molar refractivity (Wildman–Crippen MR) is 93.2 cm³/mol. The molecule has 0 unspecified atom stereocenters. The third-order valence-electron chi connectivity index (χ3n) is 4.45. The molecule has 2 aromatic rings. The molecule has 4 heteroatoms. The Morgan fingerprint density at radius 2 is 1.61 bits per heavy atom. The lowest BCUT2D eigenvalue weighted by atomic mass is 10.1. The van der Waals surface area contributed by atoms with E-state index >= 15 is 0 Å². The average Bonchev–Trinajstić information content (AvgIpc) is 2.97. The molecule has 124 valence electrons. The topological polar surface area (TPSA) is 31.6 Å². The molecule has 1 N–H and O–H groups in total. The predicted octanol–water partition coefficient (Wildman–Crippen LogP) is 2.63. The summed E-state index contributed by atoms with van der Waals surface area (Å²) in [4.78, 5) is 4.93. The lowest BCUT2D eigenvalue weighted by Gasteiger charge is -2.32. The SMILES string of the molecule is Cc1ccc(CNCc2ccc(CN3CCN(C)CC3)cc2)o1. The zero-order valence-corrected chi connectivity index (χ0v) is 14.2. The van der Waals surface area contributed by atoms with Crippen molar-refractivity contribution in [2.75, 3.05) is 33.2 Å². The fourth-order valence-corrected chi connectivity index (χ4v) is 2.94. The van der Waals surface area contributed by atoms with Crippen LogP contribution in [0.2, 0.25) is 0 Å². The standard InChI is InChI=1S/C19H27N3O/c1-16-3-8-19(23-16)14-20-13-17-4-6-18(7-5-17)15-22-11-9-21(2)10-12-22/h3-8,20H,9-15H2,1-2H3. The lowest BCUT2D eigenvalue weighted by molar-refractivity contribution is 0.148. The van der Waals surface area contributed by atoms with Crippen LogP contribution in [0.5, 0.6) is 0 Å². The van der Waals surface area contributed by atoms with Crippen LogP contribution in [0.25, 0.3) is 0 Å². The molecule has 1 aromatic carbocycles. The second kappa shape index (κ2) is 7.77. The van der Waals surface area contributed by atoms with Crippen LogP contribution >= 0.6 is 0 Å². The Labute approximate surface area is 139 Å². The molecular weight excluding hydrogens is 286 g/mol. The maximum Gasteiger partial charge on any atom is 0.117 e. The Morgan fingerprint density at radius 1 is 0.913 bits per heavy atom. The van der Waals surface area contributed by atoms with E-state index in [9.17, 15) is 0 Å². The first-order chi connectivity index (χ1) is 11.2. The summed E-state index contributed by atoms with van der Waals surface area (Å²) in [7, 11) is 2.20. The highest BCUT2D eigenvalue weighted by molar-refractivity contribution is 5.22. The number of furan rings is 1. The van der Waals surface area contributed by atoms with Crippen molar-refractivity contribution in [3.63, 3.8) is 0 Å². The van der Waals surface area contributed by atoms with Crippen molar-refractivity contribution < 1.29 is 4.42 Å². The zero-order chi connectivity index (χ0) is 16.1. The third-order valence-corrected chi connectivity index (χ3v) is 4.45. The molecule has 0 radical (unpaired) electrons. The molecule has 1 aliphatic rings. The molecule has 0 aliphatic carbocycles. The monoisotopic (exact) mass is 313 g/mol. The fraction of sp³-hybridized carbons (Fsp3) is 0.474. The van der Waals surface area contributed by atoms with Crippen molar-refractivity contribution in [2.24, 2.45) is 0 Å². The minimum absolute atomic E-state index is 0.775. The van der Waals surface area contributed by atoms with Gasteiger partial charge in [0.1, 0.15) is 11.5 Å². The molecule has 1 aliphatic heterocycles. The van der Waals surface area contributed by atoms with E-state index in [1.807, 2.05) is 19.1 Å². The smallest absolute Gasteiger partial charge is 0.117 e. The largest absolute Gasteiger partial charge is 0.465 e. The van der Waals surface area contributed by atoms with Gasteiger partial charge in [-0.3, -0.25) is 4.90 Å². The summed E-state index contributed by atoms with van der Waals surface area (Å²) in [6.07, 6.45) is 0. The normalized spacial score (nSPS) is 16.8. The Morgan fingerprint density at radius 3 is 2.26 bits per heavy atom. The molecule has 2 heterocycles. The summed E-state index contributed by atoms with van der Waals surface area (Å²) >= 11 is 0. The molecule has 0 atom stereocenters. The van der Waals surface area contributed by atoms with Crippen LogP contribution in [-0.4, -0.2) is 43.0 Å². The fourth-order valence-electron chi connectivity index (χ4n) is 2.94. The van der Waals surface area contributed by atoms with Gasteiger partial charge in [-0.05, 0) is 37.2 Å². The number of rotatable bonds is 6. The molecule has 0 saturated carbocycles. The van der Waals surface area contributed by atoms with Crippen molar-refractivity contribution in [1.82, 2.24) is 15.1 Å². The van der Waals surface area contributed by atoms with Crippen molar-refractivity contribution >= 4 is 0 Å². The van der Waals surface area contributed by atoms with E-state index in [1.165, 1.54) is 37.3 Å². The number of piperazine rings is 1. The Kier molecular flexibility index (Phi) is 5.49. The van der Waals surface area contributed by atoms with Gasteiger partial charge in [-0.2, -0.15) is 0 Å². The van der Waals surface area contributed by atoms with Crippen LogP contribution in [0.1, 0.15) is 22.6 Å². The first kappa shape index (κ1) is 16.2.